The van der Waals surface area contributed by atoms with Crippen molar-refractivity contribution < 1.29 is 26.8 Å². The van der Waals surface area contributed by atoms with Crippen LogP contribution in [-0.2, 0) is 14.8 Å². The summed E-state index contributed by atoms with van der Waals surface area (Å²) in [7, 11) is -0.909. The molecule has 2 aromatic carbocycles. The molecule has 9 nitrogen and oxygen atoms in total. The number of rotatable bonds is 6. The fourth-order valence-electron chi connectivity index (χ4n) is 2.35. The summed E-state index contributed by atoms with van der Waals surface area (Å²) in [5, 5.41) is 9.89. The fraction of sp³-hybridized carbons (Fsp3) is 0.235. The van der Waals surface area contributed by atoms with E-state index < -0.39 is 33.7 Å². The molecule has 0 radical (unpaired) electrons. The van der Waals surface area contributed by atoms with Gasteiger partial charge in [0.2, 0.25) is 16.1 Å². The summed E-state index contributed by atoms with van der Waals surface area (Å²) in [4.78, 5) is 18.6. The van der Waals surface area contributed by atoms with Gasteiger partial charge in [0, 0.05) is 20.2 Å². The summed E-state index contributed by atoms with van der Waals surface area (Å²) in [6.07, 6.45) is -1.15. The molecular formula is C17H17F2N5O4S. The zero-order valence-electron chi connectivity index (χ0n) is 15.6. The third kappa shape index (κ3) is 4.17. The quantitative estimate of drug-likeness (QED) is 0.640. The van der Waals surface area contributed by atoms with Crippen LogP contribution in [0.25, 0.3) is 11.0 Å². The predicted octanol–water partition coefficient (Wildman–Crippen LogP) is 1.42. The second-order valence-corrected chi connectivity index (χ2v) is 8.41. The molecule has 0 aliphatic carbocycles. The molecule has 0 spiro atoms. The maximum absolute atomic E-state index is 13.7. The number of halogens is 2. The third-order valence-corrected chi connectivity index (χ3v) is 5.79. The van der Waals surface area contributed by atoms with Crippen LogP contribution in [0, 0.1) is 11.6 Å². The number of sulfonamides is 1. The largest absolute Gasteiger partial charge is 0.382 e. The zero-order chi connectivity index (χ0) is 21.3. The Hall–Kier alpha value is -3.12. The summed E-state index contributed by atoms with van der Waals surface area (Å²) >= 11 is 0. The normalized spacial score (nSPS) is 12.9. The molecule has 12 heteroatoms. The first-order valence-corrected chi connectivity index (χ1v) is 9.74. The van der Waals surface area contributed by atoms with E-state index in [4.69, 9.17) is 4.84 Å². The second-order valence-electron chi connectivity index (χ2n) is 6.26. The Balaban J connectivity index is 1.82. The van der Waals surface area contributed by atoms with Crippen molar-refractivity contribution in [3.8, 4) is 0 Å². The molecule has 1 heterocycles. The standard InChI is InChI=1S/C17H17F2N5O4S/c1-10(17(25)20-14-6-4-11(18)8-13(14)19)28-24-16-9-12(29(26,27)23(2)3)5-7-15(16)21-22-24/h4-10H,1-3H3,(H,20,25)/t10-/m0/s1. The highest BCUT2D eigenvalue weighted by atomic mass is 32.2. The number of benzene rings is 2. The first-order valence-electron chi connectivity index (χ1n) is 8.30. The number of hydrogen-bond acceptors (Lipinski definition) is 6. The molecular weight excluding hydrogens is 408 g/mol. The van der Waals surface area contributed by atoms with Gasteiger partial charge in [0.05, 0.1) is 10.6 Å². The van der Waals surface area contributed by atoms with Crippen LogP contribution in [0.1, 0.15) is 6.92 Å². The number of hydrogen-bond donors (Lipinski definition) is 1. The Morgan fingerprint density at radius 3 is 2.59 bits per heavy atom. The Kier molecular flexibility index (Phi) is 5.48. The summed E-state index contributed by atoms with van der Waals surface area (Å²) in [5.41, 5.74) is 0.357. The lowest BCUT2D eigenvalue weighted by Gasteiger charge is -2.15. The molecule has 1 amide bonds. The van der Waals surface area contributed by atoms with E-state index in [0.717, 1.165) is 21.3 Å². The highest BCUT2D eigenvalue weighted by molar-refractivity contribution is 7.89. The van der Waals surface area contributed by atoms with Gasteiger partial charge < -0.3 is 10.2 Å². The summed E-state index contributed by atoms with van der Waals surface area (Å²) < 4.78 is 52.3. The first-order chi connectivity index (χ1) is 13.6. The van der Waals surface area contributed by atoms with Crippen LogP contribution in [0.15, 0.2) is 41.3 Å². The molecule has 0 fully saturated rings. The van der Waals surface area contributed by atoms with Crippen molar-refractivity contribution in [1.82, 2.24) is 19.5 Å². The Bertz CT molecular complexity index is 1180. The molecule has 0 bridgehead atoms. The molecule has 29 heavy (non-hydrogen) atoms. The highest BCUT2D eigenvalue weighted by Crippen LogP contribution is 2.19. The van der Waals surface area contributed by atoms with E-state index in [1.165, 1.54) is 39.2 Å². The van der Waals surface area contributed by atoms with Gasteiger partial charge in [-0.05, 0) is 42.5 Å². The fourth-order valence-corrected chi connectivity index (χ4v) is 3.27. The average Bonchev–Trinajstić information content (AvgIpc) is 3.05. The van der Waals surface area contributed by atoms with Gasteiger partial charge in [-0.25, -0.2) is 21.5 Å². The number of amides is 1. The summed E-state index contributed by atoms with van der Waals surface area (Å²) in [6.45, 7) is 1.38. The smallest absolute Gasteiger partial charge is 0.268 e. The van der Waals surface area contributed by atoms with Crippen LogP contribution in [0.3, 0.4) is 0 Å². The van der Waals surface area contributed by atoms with Crippen molar-refractivity contribution in [3.63, 3.8) is 0 Å². The van der Waals surface area contributed by atoms with E-state index in [-0.39, 0.29) is 16.1 Å². The Labute approximate surface area is 164 Å². The van der Waals surface area contributed by atoms with Crippen molar-refractivity contribution in [1.29, 1.82) is 0 Å². The van der Waals surface area contributed by atoms with Crippen LogP contribution in [0.4, 0.5) is 14.5 Å². The van der Waals surface area contributed by atoms with Crippen molar-refractivity contribution in [2.24, 2.45) is 0 Å². The lowest BCUT2D eigenvalue weighted by Crippen LogP contribution is -2.35. The number of nitrogens with one attached hydrogen (secondary N) is 1. The van der Waals surface area contributed by atoms with Gasteiger partial charge >= 0.3 is 0 Å². The van der Waals surface area contributed by atoms with E-state index in [1.807, 2.05) is 0 Å². The lowest BCUT2D eigenvalue weighted by atomic mass is 10.2. The highest BCUT2D eigenvalue weighted by Gasteiger charge is 2.22. The molecule has 1 atom stereocenters. The minimum Gasteiger partial charge on any atom is -0.382 e. The number of carbonyl (C=O) groups is 1. The molecule has 154 valence electrons. The summed E-state index contributed by atoms with van der Waals surface area (Å²) in [6, 6.07) is 6.87. The lowest BCUT2D eigenvalue weighted by molar-refractivity contribution is -0.127. The maximum Gasteiger partial charge on any atom is 0.268 e. The van der Waals surface area contributed by atoms with Crippen LogP contribution < -0.4 is 10.2 Å². The minimum absolute atomic E-state index is 0.00682. The van der Waals surface area contributed by atoms with E-state index >= 15 is 0 Å². The maximum atomic E-state index is 13.7. The van der Waals surface area contributed by atoms with E-state index in [9.17, 15) is 22.0 Å². The van der Waals surface area contributed by atoms with Gasteiger partial charge in [0.15, 0.2) is 0 Å². The SMILES string of the molecule is C[C@H](On1nnc2ccc(S(=O)(=O)N(C)C)cc21)C(=O)Nc1ccc(F)cc1F. The first kappa shape index (κ1) is 20.6. The van der Waals surface area contributed by atoms with E-state index in [0.29, 0.717) is 11.6 Å². The monoisotopic (exact) mass is 425 g/mol. The van der Waals surface area contributed by atoms with Gasteiger partial charge in [-0.2, -0.15) is 0 Å². The molecule has 0 saturated carbocycles. The number of aromatic nitrogens is 3. The van der Waals surface area contributed by atoms with E-state index in [1.54, 1.807) is 0 Å². The minimum atomic E-state index is -3.70. The Morgan fingerprint density at radius 2 is 1.93 bits per heavy atom. The zero-order valence-corrected chi connectivity index (χ0v) is 16.4. The van der Waals surface area contributed by atoms with Gasteiger partial charge in [-0.1, -0.05) is 4.85 Å². The third-order valence-electron chi connectivity index (χ3n) is 3.98. The topological polar surface area (TPSA) is 106 Å². The Morgan fingerprint density at radius 1 is 1.21 bits per heavy atom. The molecule has 1 N–H and O–H groups in total. The molecule has 0 aliphatic rings. The van der Waals surface area contributed by atoms with Crippen molar-refractivity contribution in [3.05, 3.63) is 48.0 Å². The van der Waals surface area contributed by atoms with Crippen molar-refractivity contribution in [2.75, 3.05) is 19.4 Å². The number of carbonyl (C=O) groups excluding carboxylic acids is 1. The van der Waals surface area contributed by atoms with Gasteiger partial charge in [-0.15, -0.1) is 5.10 Å². The molecule has 0 unspecified atom stereocenters. The van der Waals surface area contributed by atoms with Crippen LogP contribution in [0.2, 0.25) is 0 Å². The van der Waals surface area contributed by atoms with Crippen LogP contribution in [0.5, 0.6) is 0 Å². The predicted molar refractivity (Wildman–Crippen MR) is 99.4 cm³/mol. The van der Waals surface area contributed by atoms with Crippen molar-refractivity contribution in [2.45, 2.75) is 17.9 Å². The average molecular weight is 425 g/mol. The van der Waals surface area contributed by atoms with Crippen LogP contribution in [-0.4, -0.2) is 54.0 Å². The molecule has 3 aromatic rings. The molecule has 1 aromatic heterocycles. The molecule has 3 rings (SSSR count). The number of nitrogens with zero attached hydrogens (tertiary/aromatic N) is 4. The van der Waals surface area contributed by atoms with Gasteiger partial charge in [-0.3, -0.25) is 4.79 Å². The number of anilines is 1. The molecule has 0 saturated heterocycles. The molecule has 0 aliphatic heterocycles. The summed E-state index contributed by atoms with van der Waals surface area (Å²) in [5.74, 6) is -2.44. The van der Waals surface area contributed by atoms with Crippen LogP contribution >= 0.6 is 0 Å². The van der Waals surface area contributed by atoms with Gasteiger partial charge in [0.25, 0.3) is 5.91 Å². The second kappa shape index (κ2) is 7.72. The van der Waals surface area contributed by atoms with Crippen molar-refractivity contribution >= 4 is 32.7 Å². The van der Waals surface area contributed by atoms with E-state index in [2.05, 4.69) is 15.6 Å². The van der Waals surface area contributed by atoms with Gasteiger partial charge in [0.1, 0.15) is 22.7 Å². The number of fused-ring (bicyclic) bond motifs is 1.